The van der Waals surface area contributed by atoms with Gasteiger partial charge >= 0.3 is 5.97 Å². The van der Waals surface area contributed by atoms with E-state index in [0.717, 1.165) is 0 Å². The zero-order valence-electron chi connectivity index (χ0n) is 19.2. The highest BCUT2D eigenvalue weighted by molar-refractivity contribution is 6.32. The number of ether oxygens (including phenoxy) is 2. The number of esters is 1. The van der Waals surface area contributed by atoms with Crippen molar-refractivity contribution < 1.29 is 44.3 Å². The van der Waals surface area contributed by atoms with E-state index < -0.39 is 47.0 Å². The van der Waals surface area contributed by atoms with E-state index in [1.807, 2.05) is 0 Å². The molecule has 2 atom stereocenters. The van der Waals surface area contributed by atoms with Gasteiger partial charge in [-0.25, -0.2) is 4.79 Å². The zero-order chi connectivity index (χ0) is 25.6. The molecule has 1 heterocycles. The van der Waals surface area contributed by atoms with E-state index in [9.17, 15) is 34.8 Å². The average molecular weight is 488 g/mol. The van der Waals surface area contributed by atoms with Gasteiger partial charge in [-0.1, -0.05) is 18.2 Å². The summed E-state index contributed by atoms with van der Waals surface area (Å²) in [4.78, 5) is 39.6. The highest BCUT2D eigenvalue weighted by atomic mass is 16.5. The minimum atomic E-state index is -1.27. The molecule has 0 radical (unpaired) electrons. The molecule has 182 valence electrons. The van der Waals surface area contributed by atoms with Crippen LogP contribution in [0.2, 0.25) is 0 Å². The molecule has 6 rings (SSSR count). The highest BCUT2D eigenvalue weighted by Gasteiger charge is 2.44. The number of carbonyl (C=O) groups is 3. The van der Waals surface area contributed by atoms with Crippen molar-refractivity contribution in [3.05, 3.63) is 68.8 Å². The molecule has 0 amide bonds. The minimum absolute atomic E-state index is 0.00549. The van der Waals surface area contributed by atoms with Gasteiger partial charge in [-0.3, -0.25) is 9.59 Å². The van der Waals surface area contributed by atoms with Crippen LogP contribution in [-0.2, 0) is 17.6 Å². The maximum absolute atomic E-state index is 13.5. The largest absolute Gasteiger partial charge is 0.507 e. The average Bonchev–Trinajstić information content (AvgIpc) is 2.81. The van der Waals surface area contributed by atoms with Crippen LogP contribution in [0, 0.1) is 0 Å². The van der Waals surface area contributed by atoms with Crippen LogP contribution in [0.5, 0.6) is 23.0 Å². The van der Waals surface area contributed by atoms with Crippen LogP contribution in [0.15, 0.2) is 24.3 Å². The molecule has 3 aromatic rings. The highest BCUT2D eigenvalue weighted by Crippen LogP contribution is 2.56. The van der Waals surface area contributed by atoms with Gasteiger partial charge in [0.2, 0.25) is 5.78 Å². The number of hydrogen-bond acceptors (Lipinski definition) is 9. The Kier molecular flexibility index (Phi) is 4.49. The van der Waals surface area contributed by atoms with E-state index in [1.54, 1.807) is 13.0 Å². The van der Waals surface area contributed by atoms with E-state index in [-0.39, 0.29) is 56.7 Å². The fourth-order valence-electron chi connectivity index (χ4n) is 5.70. The molecule has 0 bridgehead atoms. The van der Waals surface area contributed by atoms with Crippen LogP contribution in [0.4, 0.5) is 0 Å². The third kappa shape index (κ3) is 2.66. The first-order chi connectivity index (χ1) is 17.1. The third-order valence-electron chi connectivity index (χ3n) is 7.12. The predicted molar refractivity (Wildman–Crippen MR) is 124 cm³/mol. The van der Waals surface area contributed by atoms with E-state index in [4.69, 9.17) is 9.47 Å². The lowest BCUT2D eigenvalue weighted by Crippen LogP contribution is -2.27. The maximum atomic E-state index is 13.5. The van der Waals surface area contributed by atoms with Gasteiger partial charge in [0.1, 0.15) is 34.7 Å². The summed E-state index contributed by atoms with van der Waals surface area (Å²) in [6, 6.07) is 5.71. The van der Waals surface area contributed by atoms with Gasteiger partial charge < -0.3 is 29.9 Å². The summed E-state index contributed by atoms with van der Waals surface area (Å²) < 4.78 is 10.8. The number of aliphatic hydroxyl groups is 1. The Morgan fingerprint density at radius 2 is 1.56 bits per heavy atom. The summed E-state index contributed by atoms with van der Waals surface area (Å²) in [6.45, 7) is 1.72. The SMILES string of the molecule is COc1c2c(c(O)c3c1C(O)Cc1cc4c(c(O)c1-3)C(=O)OC(C)C4)C(=O)c1cccc(O)c1C2=O. The number of fused-ring (bicyclic) bond motifs is 6. The molecular formula is C27H20O9. The number of rotatable bonds is 1. The van der Waals surface area contributed by atoms with Crippen molar-refractivity contribution in [1.82, 2.24) is 0 Å². The topological polar surface area (TPSA) is 151 Å². The molecule has 0 saturated heterocycles. The normalized spacial score (nSPS) is 19.5. The number of benzene rings is 3. The van der Waals surface area contributed by atoms with Crippen LogP contribution < -0.4 is 4.74 Å². The third-order valence-corrected chi connectivity index (χ3v) is 7.12. The Morgan fingerprint density at radius 3 is 2.28 bits per heavy atom. The monoisotopic (exact) mass is 488 g/mol. The van der Waals surface area contributed by atoms with Gasteiger partial charge in [0.25, 0.3) is 0 Å². The molecule has 9 heteroatoms. The van der Waals surface area contributed by atoms with Gasteiger partial charge in [0.15, 0.2) is 5.78 Å². The summed E-state index contributed by atoms with van der Waals surface area (Å²) in [5, 5.41) is 44.2. The molecule has 9 nitrogen and oxygen atoms in total. The lowest BCUT2D eigenvalue weighted by atomic mass is 9.74. The Balaban J connectivity index is 1.72. The number of cyclic esters (lactones) is 1. The smallest absolute Gasteiger partial charge is 0.342 e. The fraction of sp³-hybridized carbons (Fsp3) is 0.222. The summed E-state index contributed by atoms with van der Waals surface area (Å²) in [6.07, 6.45) is -1.32. The second-order valence-corrected chi connectivity index (χ2v) is 9.21. The molecule has 0 saturated carbocycles. The molecule has 1 aliphatic heterocycles. The van der Waals surface area contributed by atoms with Crippen molar-refractivity contribution in [2.24, 2.45) is 0 Å². The van der Waals surface area contributed by atoms with E-state index >= 15 is 0 Å². The molecule has 0 aromatic heterocycles. The number of carbonyl (C=O) groups excluding carboxylic acids is 3. The summed E-state index contributed by atoms with van der Waals surface area (Å²) in [5.74, 6) is -3.86. The standard InChI is InChI=1S/C27H20O9/c1-9-6-10-7-11-8-14(29)18-19(15(11)23(31)16(10)27(34)36-9)25(33)20-21(26(18)35-2)24(32)17-12(22(20)30)4-3-5-13(17)28/h3-5,7,9,14,28-29,31,33H,6,8H2,1-2H3. The zero-order valence-corrected chi connectivity index (χ0v) is 19.2. The van der Waals surface area contributed by atoms with Gasteiger partial charge in [-0.2, -0.15) is 0 Å². The number of ketones is 2. The van der Waals surface area contributed by atoms with Crippen LogP contribution in [0.3, 0.4) is 0 Å². The first-order valence-electron chi connectivity index (χ1n) is 11.3. The van der Waals surface area contributed by atoms with E-state index in [1.165, 1.54) is 25.3 Å². The quantitative estimate of drug-likeness (QED) is 0.297. The number of phenols is 3. The molecule has 2 unspecified atom stereocenters. The lowest BCUT2D eigenvalue weighted by molar-refractivity contribution is 0.0297. The maximum Gasteiger partial charge on any atom is 0.342 e. The molecule has 4 N–H and O–H groups in total. The predicted octanol–water partition coefficient (Wildman–Crippen LogP) is 2.95. The fourth-order valence-corrected chi connectivity index (χ4v) is 5.70. The van der Waals surface area contributed by atoms with Crippen LogP contribution in [0.1, 0.15) is 71.9 Å². The molecule has 0 fully saturated rings. The van der Waals surface area contributed by atoms with Crippen LogP contribution >= 0.6 is 0 Å². The van der Waals surface area contributed by atoms with Crippen LogP contribution in [0.25, 0.3) is 11.1 Å². The molecule has 2 aliphatic carbocycles. The van der Waals surface area contributed by atoms with E-state index in [2.05, 4.69) is 0 Å². The van der Waals surface area contributed by atoms with Crippen molar-refractivity contribution in [2.75, 3.05) is 7.11 Å². The summed E-state index contributed by atoms with van der Waals surface area (Å²) >= 11 is 0. The second-order valence-electron chi connectivity index (χ2n) is 9.21. The molecule has 3 aliphatic rings. The molecule has 0 spiro atoms. The lowest BCUT2D eigenvalue weighted by Gasteiger charge is -2.33. The molecule has 36 heavy (non-hydrogen) atoms. The molecule has 3 aromatic carbocycles. The Labute approximate surface area is 204 Å². The van der Waals surface area contributed by atoms with Gasteiger partial charge in [-0.15, -0.1) is 0 Å². The van der Waals surface area contributed by atoms with Crippen molar-refractivity contribution in [3.63, 3.8) is 0 Å². The van der Waals surface area contributed by atoms with E-state index in [0.29, 0.717) is 17.5 Å². The minimum Gasteiger partial charge on any atom is -0.507 e. The molecular weight excluding hydrogens is 468 g/mol. The summed E-state index contributed by atoms with van der Waals surface area (Å²) in [7, 11) is 1.25. The number of hydrogen-bond donors (Lipinski definition) is 4. The first kappa shape index (κ1) is 22.1. The Morgan fingerprint density at radius 1 is 0.861 bits per heavy atom. The van der Waals surface area contributed by atoms with Crippen molar-refractivity contribution in [1.29, 1.82) is 0 Å². The van der Waals surface area contributed by atoms with Crippen LogP contribution in [-0.4, -0.2) is 51.2 Å². The van der Waals surface area contributed by atoms with Gasteiger partial charge in [0.05, 0.1) is 29.9 Å². The number of aliphatic hydroxyl groups excluding tert-OH is 1. The second kappa shape index (κ2) is 7.32. The van der Waals surface area contributed by atoms with Crippen molar-refractivity contribution in [2.45, 2.75) is 32.0 Å². The summed E-state index contributed by atoms with van der Waals surface area (Å²) in [5.41, 5.74) is -0.0958. The number of methoxy groups -OCH3 is 1. The number of phenolic OH excluding ortho intramolecular Hbond substituents is 3. The first-order valence-corrected chi connectivity index (χ1v) is 11.3. The Hall–Kier alpha value is -4.37. The number of aromatic hydroxyl groups is 3. The van der Waals surface area contributed by atoms with Gasteiger partial charge in [-0.05, 0) is 24.1 Å². The van der Waals surface area contributed by atoms with Gasteiger partial charge in [0, 0.05) is 35.1 Å². The van der Waals surface area contributed by atoms with Crippen molar-refractivity contribution in [3.8, 4) is 34.1 Å². The Bertz CT molecular complexity index is 1570. The van der Waals surface area contributed by atoms with Crippen molar-refractivity contribution >= 4 is 17.5 Å².